The van der Waals surface area contributed by atoms with E-state index in [1.165, 1.54) is 44.2 Å². The molecule has 1 aliphatic rings. The molecule has 0 amide bonds. The van der Waals surface area contributed by atoms with Crippen molar-refractivity contribution in [2.45, 2.75) is 19.3 Å². The van der Waals surface area contributed by atoms with Gasteiger partial charge in [-0.25, -0.2) is 4.52 Å². The molecule has 0 saturated carbocycles. The summed E-state index contributed by atoms with van der Waals surface area (Å²) in [5.74, 6) is 0. The summed E-state index contributed by atoms with van der Waals surface area (Å²) >= 11 is 0. The van der Waals surface area contributed by atoms with Crippen molar-refractivity contribution in [2.75, 3.05) is 4.90 Å². The molecule has 3 nitrogen and oxygen atoms in total. The highest BCUT2D eigenvalue weighted by Crippen LogP contribution is 2.53. The van der Waals surface area contributed by atoms with Crippen molar-refractivity contribution in [1.82, 2.24) is 9.61 Å². The Kier molecular flexibility index (Phi) is 8.52. The van der Waals surface area contributed by atoms with Crippen LogP contribution in [0.25, 0.3) is 83.0 Å². The summed E-state index contributed by atoms with van der Waals surface area (Å²) in [7, 11) is 0. The maximum absolute atomic E-state index is 5.69. The summed E-state index contributed by atoms with van der Waals surface area (Å²) in [6, 6.07) is 81.6. The normalized spacial score (nSPS) is 12.7. The predicted molar refractivity (Wildman–Crippen MR) is 264 cm³/mol. The van der Waals surface area contributed by atoms with E-state index in [4.69, 9.17) is 5.10 Å². The van der Waals surface area contributed by atoms with Gasteiger partial charge in [-0.15, -0.1) is 0 Å². The number of aromatic nitrogens is 2. The number of nitrogens with zero attached hydrogens (tertiary/aromatic N) is 3. The monoisotopic (exact) mass is 805 g/mol. The van der Waals surface area contributed by atoms with E-state index in [0.717, 1.165) is 67.0 Å². The Balaban J connectivity index is 1.18. The van der Waals surface area contributed by atoms with Gasteiger partial charge in [0.25, 0.3) is 0 Å². The highest BCUT2D eigenvalue weighted by molar-refractivity contribution is 6.16. The van der Waals surface area contributed by atoms with Gasteiger partial charge in [-0.1, -0.05) is 208 Å². The van der Waals surface area contributed by atoms with Gasteiger partial charge in [0.1, 0.15) is 5.69 Å². The number of fused-ring (bicyclic) bond motifs is 7. The summed E-state index contributed by atoms with van der Waals surface area (Å²) in [4.78, 5) is 2.49. The average Bonchev–Trinajstić information content (AvgIpc) is 3.85. The Morgan fingerprint density at radius 1 is 0.413 bits per heavy atom. The molecule has 2 aromatic heterocycles. The van der Waals surface area contributed by atoms with E-state index in [2.05, 4.69) is 248 Å². The van der Waals surface area contributed by atoms with Gasteiger partial charge in [0.15, 0.2) is 0 Å². The summed E-state index contributed by atoms with van der Waals surface area (Å²) in [6.07, 6.45) is 0. The largest absolute Gasteiger partial charge is 0.308 e. The minimum absolute atomic E-state index is 0.182. The third-order valence-corrected chi connectivity index (χ3v) is 13.2. The van der Waals surface area contributed by atoms with Crippen molar-refractivity contribution < 1.29 is 0 Å². The van der Waals surface area contributed by atoms with Gasteiger partial charge in [-0.3, -0.25) is 0 Å². The number of hydrogen-bond donors (Lipinski definition) is 0. The van der Waals surface area contributed by atoms with E-state index in [1.807, 2.05) is 0 Å². The van der Waals surface area contributed by atoms with Gasteiger partial charge in [0, 0.05) is 44.3 Å². The fourth-order valence-corrected chi connectivity index (χ4v) is 10.1. The molecule has 63 heavy (non-hydrogen) atoms. The first kappa shape index (κ1) is 36.8. The number of anilines is 3. The molecule has 1 aliphatic carbocycles. The van der Waals surface area contributed by atoms with Gasteiger partial charge < -0.3 is 4.90 Å². The number of hydrogen-bond acceptors (Lipinski definition) is 2. The molecule has 0 fully saturated rings. The first-order valence-electron chi connectivity index (χ1n) is 21.8. The fourth-order valence-electron chi connectivity index (χ4n) is 10.1. The van der Waals surface area contributed by atoms with E-state index >= 15 is 0 Å². The zero-order valence-electron chi connectivity index (χ0n) is 35.2. The average molecular weight is 806 g/mol. The Morgan fingerprint density at radius 2 is 0.984 bits per heavy atom. The number of rotatable bonds is 7. The molecule has 0 unspecified atom stereocenters. The summed E-state index contributed by atoms with van der Waals surface area (Å²) in [5.41, 5.74) is 18.1. The lowest BCUT2D eigenvalue weighted by molar-refractivity contribution is 0.660. The van der Waals surface area contributed by atoms with Crippen LogP contribution in [0.3, 0.4) is 0 Å². The van der Waals surface area contributed by atoms with Crippen molar-refractivity contribution in [2.24, 2.45) is 0 Å². The van der Waals surface area contributed by atoms with Gasteiger partial charge in [-0.05, 0) is 80.0 Å². The van der Waals surface area contributed by atoms with Crippen LogP contribution in [0.15, 0.2) is 224 Å². The second-order valence-corrected chi connectivity index (χ2v) is 17.2. The first-order chi connectivity index (χ1) is 31.0. The minimum Gasteiger partial charge on any atom is -0.308 e. The third-order valence-electron chi connectivity index (χ3n) is 13.2. The fraction of sp³-hybridized carbons (Fsp3) is 0.0500. The molecule has 9 aromatic carbocycles. The first-order valence-corrected chi connectivity index (χ1v) is 21.8. The minimum atomic E-state index is -0.182. The predicted octanol–water partition coefficient (Wildman–Crippen LogP) is 16.1. The lowest BCUT2D eigenvalue weighted by Gasteiger charge is -2.31. The van der Waals surface area contributed by atoms with Crippen molar-refractivity contribution in [3.8, 4) is 55.9 Å². The van der Waals surface area contributed by atoms with Gasteiger partial charge in [0.05, 0.1) is 16.9 Å². The van der Waals surface area contributed by atoms with Crippen LogP contribution >= 0.6 is 0 Å². The van der Waals surface area contributed by atoms with E-state index in [9.17, 15) is 0 Å². The van der Waals surface area contributed by atoms with Crippen LogP contribution in [0.1, 0.15) is 25.0 Å². The number of pyridine rings is 1. The van der Waals surface area contributed by atoms with Gasteiger partial charge in [-0.2, -0.15) is 5.10 Å². The van der Waals surface area contributed by atoms with Crippen LogP contribution in [-0.2, 0) is 5.41 Å². The van der Waals surface area contributed by atoms with E-state index in [0.29, 0.717) is 0 Å². The van der Waals surface area contributed by atoms with Crippen LogP contribution < -0.4 is 4.90 Å². The molecule has 0 bridgehead atoms. The number of benzene rings is 9. The lowest BCUT2D eigenvalue weighted by Crippen LogP contribution is -2.17. The molecule has 3 heteroatoms. The molecule has 298 valence electrons. The summed E-state index contributed by atoms with van der Waals surface area (Å²) < 4.78 is 2.24. The van der Waals surface area contributed by atoms with Crippen molar-refractivity contribution in [3.63, 3.8) is 0 Å². The molecule has 2 heterocycles. The Hall–Kier alpha value is -8.01. The van der Waals surface area contributed by atoms with E-state index in [-0.39, 0.29) is 5.41 Å². The smallest absolute Gasteiger partial charge is 0.101 e. The zero-order valence-corrected chi connectivity index (χ0v) is 35.2. The molecule has 0 aliphatic heterocycles. The molecule has 0 saturated heterocycles. The van der Waals surface area contributed by atoms with Crippen LogP contribution in [0.5, 0.6) is 0 Å². The van der Waals surface area contributed by atoms with Crippen LogP contribution in [0.4, 0.5) is 17.1 Å². The van der Waals surface area contributed by atoms with E-state index in [1.54, 1.807) is 0 Å². The van der Waals surface area contributed by atoms with Gasteiger partial charge >= 0.3 is 0 Å². The molecule has 0 N–H and O–H groups in total. The highest BCUT2D eigenvalue weighted by Gasteiger charge is 2.36. The lowest BCUT2D eigenvalue weighted by atomic mass is 9.82. The Bertz CT molecular complexity index is 3510. The third kappa shape index (κ3) is 5.92. The topological polar surface area (TPSA) is 20.5 Å². The molecule has 0 radical (unpaired) electrons. The molecule has 0 spiro atoms. The van der Waals surface area contributed by atoms with E-state index < -0.39 is 0 Å². The van der Waals surface area contributed by atoms with Crippen molar-refractivity contribution in [3.05, 3.63) is 236 Å². The maximum Gasteiger partial charge on any atom is 0.101 e. The Labute approximate surface area is 367 Å². The second kappa shape index (κ2) is 14.6. The molecule has 0 atom stereocenters. The van der Waals surface area contributed by atoms with Crippen LogP contribution in [-0.4, -0.2) is 9.61 Å². The van der Waals surface area contributed by atoms with Crippen molar-refractivity contribution >= 4 is 44.1 Å². The second-order valence-electron chi connectivity index (χ2n) is 17.2. The SMILES string of the molecule is CC1(C)c2ccccc2-c2ccc(N(c3ccc(-c4ccc5ccccc5c4)cc3)c3c(-c4ccccc4)n4nc(-c5ccccc5)c(-c5ccccc5)c4c4ccccc34)cc21. The zero-order chi connectivity index (χ0) is 42.1. The Morgan fingerprint density at radius 3 is 1.73 bits per heavy atom. The van der Waals surface area contributed by atoms with Crippen LogP contribution in [0.2, 0.25) is 0 Å². The summed E-state index contributed by atoms with van der Waals surface area (Å²) in [6.45, 7) is 4.72. The van der Waals surface area contributed by atoms with Crippen molar-refractivity contribution in [1.29, 1.82) is 0 Å². The molecular formula is C60H43N3. The molecule has 12 rings (SSSR count). The molecular weight excluding hydrogens is 763 g/mol. The highest BCUT2D eigenvalue weighted by atomic mass is 15.3. The maximum atomic E-state index is 5.69. The molecule has 11 aromatic rings. The van der Waals surface area contributed by atoms with Gasteiger partial charge in [0.2, 0.25) is 0 Å². The summed E-state index contributed by atoms with van der Waals surface area (Å²) in [5, 5.41) is 10.4. The van der Waals surface area contributed by atoms with Crippen LogP contribution in [0, 0.1) is 0 Å². The quantitative estimate of drug-likeness (QED) is 0.160. The standard InChI is InChI=1S/C60H43N3/c1-60(2)53-29-17-16-26-49(53)50-37-36-48(39-54(50)60)62(47-34-32-41(33-35-47)46-31-30-40-18-12-13-25-45(40)38-46)59-52-28-15-14-27-51(52)58-55(42-19-6-3-7-20-42)56(43-21-8-4-9-22-43)61-63(58)57(59)44-23-10-5-11-24-44/h3-39H,1-2H3.